The Hall–Kier alpha value is -1.23. The van der Waals surface area contributed by atoms with E-state index in [-0.39, 0.29) is 0 Å². The lowest BCUT2D eigenvalue weighted by molar-refractivity contribution is -0.143. The number of halogens is 1. The molecule has 2 rings (SSSR count). The van der Waals surface area contributed by atoms with Crippen molar-refractivity contribution < 1.29 is 19.4 Å². The summed E-state index contributed by atoms with van der Waals surface area (Å²) in [6.45, 7) is 1.91. The van der Waals surface area contributed by atoms with Crippen molar-refractivity contribution >= 4 is 21.9 Å². The second kappa shape index (κ2) is 5.64. The molecule has 20 heavy (non-hydrogen) atoms. The summed E-state index contributed by atoms with van der Waals surface area (Å²) < 4.78 is 11.6. The minimum absolute atomic E-state index is 0.604. The number of ether oxygens (including phenoxy) is 2. The molecule has 0 saturated heterocycles. The van der Waals surface area contributed by atoms with Gasteiger partial charge in [0.25, 0.3) is 0 Å². The lowest BCUT2D eigenvalue weighted by atomic mass is 9.78. The summed E-state index contributed by atoms with van der Waals surface area (Å²) in [7, 11) is 3.16. The lowest BCUT2D eigenvalue weighted by Gasteiger charge is -2.28. The Morgan fingerprint density at radius 3 is 2.35 bits per heavy atom. The van der Waals surface area contributed by atoms with E-state index in [2.05, 4.69) is 15.9 Å². The van der Waals surface area contributed by atoms with Gasteiger partial charge in [-0.1, -0.05) is 12.8 Å². The van der Waals surface area contributed by atoms with E-state index in [1.54, 1.807) is 14.2 Å². The minimum atomic E-state index is -0.866. The smallest absolute Gasteiger partial charge is 0.314 e. The quantitative estimate of drug-likeness (QED) is 0.906. The van der Waals surface area contributed by atoms with E-state index >= 15 is 0 Å². The number of benzene rings is 1. The fraction of sp³-hybridized carbons (Fsp3) is 0.533. The molecule has 4 nitrogen and oxygen atoms in total. The summed E-state index contributed by atoms with van der Waals surface area (Å²) >= 11 is 3.51. The molecule has 0 radical (unpaired) electrons. The monoisotopic (exact) mass is 342 g/mol. The maximum Gasteiger partial charge on any atom is 0.314 e. The summed E-state index contributed by atoms with van der Waals surface area (Å²) in [5.74, 6) is 0.499. The molecule has 1 aromatic rings. The largest absolute Gasteiger partial charge is 0.496 e. The van der Waals surface area contributed by atoms with Crippen LogP contribution in [0.15, 0.2) is 10.5 Å². The van der Waals surface area contributed by atoms with Crippen LogP contribution in [0, 0.1) is 6.92 Å². The number of rotatable bonds is 4. The number of carboxylic acid groups (broad SMARTS) is 1. The van der Waals surface area contributed by atoms with Crippen molar-refractivity contribution in [3.63, 3.8) is 0 Å². The highest BCUT2D eigenvalue weighted by Gasteiger charge is 2.45. The normalized spacial score (nSPS) is 17.0. The van der Waals surface area contributed by atoms with Crippen LogP contribution in [0.2, 0.25) is 0 Å². The molecule has 0 aliphatic heterocycles. The zero-order chi connectivity index (χ0) is 14.9. The van der Waals surface area contributed by atoms with Crippen LogP contribution in [0.25, 0.3) is 0 Å². The lowest BCUT2D eigenvalue weighted by Crippen LogP contribution is -2.33. The van der Waals surface area contributed by atoms with E-state index in [0.29, 0.717) is 29.9 Å². The molecule has 1 N–H and O–H groups in total. The number of hydrogen-bond acceptors (Lipinski definition) is 3. The first-order chi connectivity index (χ1) is 9.47. The summed E-state index contributed by atoms with van der Waals surface area (Å²) in [4.78, 5) is 11.9. The zero-order valence-corrected chi connectivity index (χ0v) is 13.5. The molecular formula is C15H19BrO4. The molecule has 0 unspecified atom stereocenters. The van der Waals surface area contributed by atoms with Crippen molar-refractivity contribution in [2.75, 3.05) is 14.2 Å². The summed E-state index contributed by atoms with van der Waals surface area (Å²) in [5, 5.41) is 9.75. The fourth-order valence-corrected chi connectivity index (χ4v) is 3.62. The molecule has 0 heterocycles. The van der Waals surface area contributed by atoms with Gasteiger partial charge < -0.3 is 14.6 Å². The van der Waals surface area contributed by atoms with Crippen LogP contribution >= 0.6 is 15.9 Å². The van der Waals surface area contributed by atoms with Crippen LogP contribution in [0.1, 0.15) is 36.8 Å². The molecule has 0 aromatic heterocycles. The van der Waals surface area contributed by atoms with Gasteiger partial charge in [-0.2, -0.15) is 0 Å². The predicted molar refractivity (Wildman–Crippen MR) is 79.8 cm³/mol. The molecule has 1 aliphatic carbocycles. The Morgan fingerprint density at radius 2 is 1.90 bits per heavy atom. The van der Waals surface area contributed by atoms with E-state index in [9.17, 15) is 9.90 Å². The van der Waals surface area contributed by atoms with Crippen LogP contribution in [0.4, 0.5) is 0 Å². The molecule has 0 bridgehead atoms. The second-order valence-corrected chi connectivity index (χ2v) is 5.99. The number of hydrogen-bond donors (Lipinski definition) is 1. The first-order valence-electron chi connectivity index (χ1n) is 6.63. The van der Waals surface area contributed by atoms with E-state index in [1.165, 1.54) is 0 Å². The van der Waals surface area contributed by atoms with Gasteiger partial charge >= 0.3 is 5.97 Å². The van der Waals surface area contributed by atoms with Gasteiger partial charge in [0.1, 0.15) is 11.5 Å². The van der Waals surface area contributed by atoms with Gasteiger partial charge in [0.2, 0.25) is 0 Å². The van der Waals surface area contributed by atoms with Gasteiger partial charge in [-0.05, 0) is 41.8 Å². The Morgan fingerprint density at radius 1 is 1.30 bits per heavy atom. The Bertz CT molecular complexity index is 533. The number of carbonyl (C=O) groups is 1. The predicted octanol–water partition coefficient (Wildman–Crippen LogP) is 3.67. The molecule has 1 saturated carbocycles. The minimum Gasteiger partial charge on any atom is -0.496 e. The summed E-state index contributed by atoms with van der Waals surface area (Å²) in [6.07, 6.45) is 3.11. The number of aliphatic carboxylic acids is 1. The maximum atomic E-state index is 11.9. The third kappa shape index (κ3) is 2.18. The van der Waals surface area contributed by atoms with Crippen LogP contribution in [-0.2, 0) is 10.2 Å². The van der Waals surface area contributed by atoms with Crippen molar-refractivity contribution in [1.29, 1.82) is 0 Å². The first-order valence-corrected chi connectivity index (χ1v) is 7.42. The van der Waals surface area contributed by atoms with Gasteiger partial charge in [0.05, 0.1) is 24.1 Å². The van der Waals surface area contributed by atoms with E-state index < -0.39 is 11.4 Å². The molecule has 0 atom stereocenters. The standard InChI is InChI=1S/C15H19BrO4/c1-9-11(19-2)8-10(13(20-3)12(9)16)15(14(17)18)6-4-5-7-15/h8H,4-7H2,1-3H3,(H,17,18). The molecule has 110 valence electrons. The summed E-state index contributed by atoms with van der Waals surface area (Å²) in [5.41, 5.74) is 0.750. The third-order valence-corrected chi connectivity index (χ3v) is 5.18. The highest BCUT2D eigenvalue weighted by Crippen LogP contribution is 2.49. The average molecular weight is 343 g/mol. The van der Waals surface area contributed by atoms with E-state index in [1.807, 2.05) is 13.0 Å². The van der Waals surface area contributed by atoms with Crippen LogP contribution in [0.5, 0.6) is 11.5 Å². The third-order valence-electron chi connectivity index (χ3n) is 4.22. The maximum absolute atomic E-state index is 11.9. The van der Waals surface area contributed by atoms with Crippen molar-refractivity contribution in [2.45, 2.75) is 38.0 Å². The Labute approximate surface area is 127 Å². The SMILES string of the molecule is COc1cc(C2(C(=O)O)CCCC2)c(OC)c(Br)c1C. The highest BCUT2D eigenvalue weighted by molar-refractivity contribution is 9.10. The van der Waals surface area contributed by atoms with Crippen LogP contribution < -0.4 is 9.47 Å². The number of carboxylic acids is 1. The van der Waals surface area contributed by atoms with E-state index in [0.717, 1.165) is 22.9 Å². The zero-order valence-electron chi connectivity index (χ0n) is 12.0. The molecule has 0 spiro atoms. The Balaban J connectivity index is 2.71. The molecule has 5 heteroatoms. The fourth-order valence-electron chi connectivity index (χ4n) is 3.05. The van der Waals surface area contributed by atoms with Crippen LogP contribution in [0.3, 0.4) is 0 Å². The first kappa shape index (κ1) is 15.2. The average Bonchev–Trinajstić information content (AvgIpc) is 2.92. The van der Waals surface area contributed by atoms with Gasteiger partial charge in [-0.15, -0.1) is 0 Å². The molecule has 1 aliphatic rings. The van der Waals surface area contributed by atoms with Gasteiger partial charge in [-0.3, -0.25) is 4.79 Å². The second-order valence-electron chi connectivity index (χ2n) is 5.19. The Kier molecular flexibility index (Phi) is 4.28. The van der Waals surface area contributed by atoms with Crippen molar-refractivity contribution in [2.24, 2.45) is 0 Å². The number of methoxy groups -OCH3 is 2. The molecule has 0 amide bonds. The molecule has 1 aromatic carbocycles. The van der Waals surface area contributed by atoms with Crippen molar-refractivity contribution in [3.8, 4) is 11.5 Å². The van der Waals surface area contributed by atoms with Gasteiger partial charge in [0, 0.05) is 11.1 Å². The topological polar surface area (TPSA) is 55.8 Å². The van der Waals surface area contributed by atoms with Gasteiger partial charge in [-0.25, -0.2) is 0 Å². The van der Waals surface area contributed by atoms with Crippen molar-refractivity contribution in [1.82, 2.24) is 0 Å². The van der Waals surface area contributed by atoms with Crippen molar-refractivity contribution in [3.05, 3.63) is 21.7 Å². The molecule has 1 fully saturated rings. The highest BCUT2D eigenvalue weighted by atomic mass is 79.9. The van der Waals surface area contributed by atoms with Gasteiger partial charge in [0.15, 0.2) is 0 Å². The van der Waals surface area contributed by atoms with E-state index in [4.69, 9.17) is 9.47 Å². The van der Waals surface area contributed by atoms with Crippen LogP contribution in [-0.4, -0.2) is 25.3 Å². The summed E-state index contributed by atoms with van der Waals surface area (Å²) in [6, 6.07) is 1.82. The molecular weight excluding hydrogens is 324 g/mol.